The first-order valence-electron chi connectivity index (χ1n) is 10.3. The summed E-state index contributed by atoms with van der Waals surface area (Å²) in [6, 6.07) is 17.1. The molecule has 0 radical (unpaired) electrons. The van der Waals surface area contributed by atoms with Gasteiger partial charge in [0.05, 0.1) is 20.1 Å². The Kier molecular flexibility index (Phi) is 6.35. The van der Waals surface area contributed by atoms with Crippen LogP contribution in [-0.4, -0.2) is 24.6 Å². The van der Waals surface area contributed by atoms with Crippen LogP contribution < -0.4 is 14.8 Å². The number of hydrogen-bond donors (Lipinski definition) is 1. The molecular weight excluding hydrogens is 411 g/mol. The Hall–Kier alpha value is -3.87. The lowest BCUT2D eigenvalue weighted by Crippen LogP contribution is -2.22. The molecule has 1 amide bonds. The van der Waals surface area contributed by atoms with Gasteiger partial charge in [-0.15, -0.1) is 0 Å². The topological polar surface area (TPSA) is 73.6 Å². The number of carbonyl (C=O) groups is 1. The number of rotatable bonds is 8. The molecule has 3 aromatic carbocycles. The minimum Gasteiger partial charge on any atom is -0.493 e. The van der Waals surface area contributed by atoms with Crippen LogP contribution in [0.25, 0.3) is 11.1 Å². The van der Waals surface area contributed by atoms with Crippen molar-refractivity contribution in [1.82, 2.24) is 10.3 Å². The molecule has 0 bridgehead atoms. The van der Waals surface area contributed by atoms with Gasteiger partial charge < -0.3 is 19.2 Å². The third-order valence-corrected chi connectivity index (χ3v) is 4.98. The van der Waals surface area contributed by atoms with Crippen molar-refractivity contribution in [2.45, 2.75) is 19.9 Å². The van der Waals surface area contributed by atoms with E-state index in [-0.39, 0.29) is 18.1 Å². The summed E-state index contributed by atoms with van der Waals surface area (Å²) in [6.07, 6.45) is 0.239. The van der Waals surface area contributed by atoms with E-state index in [4.69, 9.17) is 13.9 Å². The first-order valence-corrected chi connectivity index (χ1v) is 10.3. The van der Waals surface area contributed by atoms with Crippen LogP contribution >= 0.6 is 0 Å². The van der Waals surface area contributed by atoms with Crippen LogP contribution in [0.4, 0.5) is 4.39 Å². The molecular formula is C25H23FN2O4. The smallest absolute Gasteiger partial charge is 0.251 e. The highest BCUT2D eigenvalue weighted by atomic mass is 19.1. The summed E-state index contributed by atoms with van der Waals surface area (Å²) in [6.45, 7) is 2.77. The van der Waals surface area contributed by atoms with Crippen LogP contribution in [0, 0.1) is 5.82 Å². The summed E-state index contributed by atoms with van der Waals surface area (Å²) in [5.74, 6) is 1.12. The number of benzene rings is 3. The second-order valence-electron chi connectivity index (χ2n) is 7.16. The van der Waals surface area contributed by atoms with E-state index in [0.29, 0.717) is 52.8 Å². The van der Waals surface area contributed by atoms with Crippen LogP contribution in [-0.2, 0) is 13.0 Å². The number of oxazole rings is 1. The number of hydrogen-bond acceptors (Lipinski definition) is 5. The molecule has 0 unspecified atom stereocenters. The molecule has 0 spiro atoms. The molecule has 0 aliphatic carbocycles. The van der Waals surface area contributed by atoms with Crippen molar-refractivity contribution in [2.24, 2.45) is 0 Å². The van der Waals surface area contributed by atoms with E-state index in [2.05, 4.69) is 10.3 Å². The van der Waals surface area contributed by atoms with Gasteiger partial charge in [-0.05, 0) is 54.4 Å². The summed E-state index contributed by atoms with van der Waals surface area (Å²) in [5, 5.41) is 2.89. The average Bonchev–Trinajstić information content (AvgIpc) is 3.21. The van der Waals surface area contributed by atoms with Crippen molar-refractivity contribution in [3.8, 4) is 11.5 Å². The fourth-order valence-electron chi connectivity index (χ4n) is 3.37. The predicted molar refractivity (Wildman–Crippen MR) is 119 cm³/mol. The molecule has 164 valence electrons. The minimum absolute atomic E-state index is 0.239. The van der Waals surface area contributed by atoms with E-state index < -0.39 is 0 Å². The minimum atomic E-state index is -0.305. The maximum absolute atomic E-state index is 13.9. The molecule has 0 aliphatic rings. The Labute approximate surface area is 185 Å². The Balaban J connectivity index is 1.45. The second-order valence-corrected chi connectivity index (χ2v) is 7.16. The number of amides is 1. The highest BCUT2D eigenvalue weighted by Crippen LogP contribution is 2.28. The molecule has 0 saturated heterocycles. The number of nitrogens with zero attached hydrogens (tertiary/aromatic N) is 1. The molecule has 0 fully saturated rings. The Morgan fingerprint density at radius 2 is 1.94 bits per heavy atom. The zero-order valence-corrected chi connectivity index (χ0v) is 17.9. The zero-order chi connectivity index (χ0) is 22.5. The first-order chi connectivity index (χ1) is 15.6. The summed E-state index contributed by atoms with van der Waals surface area (Å²) >= 11 is 0. The molecule has 0 atom stereocenters. The van der Waals surface area contributed by atoms with Gasteiger partial charge in [0.1, 0.15) is 11.3 Å². The SMILES string of the molecule is CCOc1ccc(CNC(=O)c2ccc3nc(Cc4ccccc4F)oc3c2)cc1OC. The fraction of sp³-hybridized carbons (Fsp3) is 0.200. The highest BCUT2D eigenvalue weighted by molar-refractivity contribution is 5.97. The van der Waals surface area contributed by atoms with Crippen LogP contribution in [0.3, 0.4) is 0 Å². The number of halogens is 1. The van der Waals surface area contributed by atoms with Gasteiger partial charge in [0, 0.05) is 12.1 Å². The molecule has 32 heavy (non-hydrogen) atoms. The molecule has 0 aliphatic heterocycles. The van der Waals surface area contributed by atoms with Gasteiger partial charge >= 0.3 is 0 Å². The number of carbonyl (C=O) groups excluding carboxylic acids is 1. The van der Waals surface area contributed by atoms with Gasteiger partial charge in [-0.2, -0.15) is 0 Å². The van der Waals surface area contributed by atoms with E-state index in [1.807, 2.05) is 25.1 Å². The summed E-state index contributed by atoms with van der Waals surface area (Å²) in [7, 11) is 1.58. The molecule has 1 N–H and O–H groups in total. The monoisotopic (exact) mass is 434 g/mol. The van der Waals surface area contributed by atoms with E-state index in [1.165, 1.54) is 6.07 Å². The highest BCUT2D eigenvalue weighted by Gasteiger charge is 2.13. The number of aromatic nitrogens is 1. The number of ether oxygens (including phenoxy) is 2. The predicted octanol–water partition coefficient (Wildman–Crippen LogP) is 4.90. The number of fused-ring (bicyclic) bond motifs is 1. The number of methoxy groups -OCH3 is 1. The molecule has 4 rings (SSSR count). The van der Waals surface area contributed by atoms with Gasteiger partial charge in [0.15, 0.2) is 23.0 Å². The third-order valence-electron chi connectivity index (χ3n) is 4.98. The number of nitrogens with one attached hydrogen (secondary N) is 1. The van der Waals surface area contributed by atoms with Gasteiger partial charge in [-0.1, -0.05) is 24.3 Å². The molecule has 1 aromatic heterocycles. The summed E-state index contributed by atoms with van der Waals surface area (Å²) in [4.78, 5) is 17.0. The van der Waals surface area contributed by atoms with Crippen molar-refractivity contribution < 1.29 is 23.1 Å². The standard InChI is InChI=1S/C25H23FN2O4/c1-3-31-21-11-8-16(12-23(21)30-2)15-27-25(29)18-9-10-20-22(13-18)32-24(28-20)14-17-6-4-5-7-19(17)26/h4-13H,3,14-15H2,1-2H3,(H,27,29). The van der Waals surface area contributed by atoms with E-state index >= 15 is 0 Å². The largest absolute Gasteiger partial charge is 0.493 e. The molecule has 0 saturated carbocycles. The van der Waals surface area contributed by atoms with E-state index in [0.717, 1.165) is 5.56 Å². The van der Waals surface area contributed by atoms with Crippen molar-refractivity contribution in [3.63, 3.8) is 0 Å². The van der Waals surface area contributed by atoms with Gasteiger partial charge in [0.25, 0.3) is 5.91 Å². The average molecular weight is 434 g/mol. The van der Waals surface area contributed by atoms with Crippen molar-refractivity contribution in [3.05, 3.63) is 89.1 Å². The lowest BCUT2D eigenvalue weighted by molar-refractivity contribution is 0.0951. The molecule has 4 aromatic rings. The van der Waals surface area contributed by atoms with Crippen LogP contribution in [0.2, 0.25) is 0 Å². The van der Waals surface area contributed by atoms with Crippen LogP contribution in [0.15, 0.2) is 65.1 Å². The fourth-order valence-corrected chi connectivity index (χ4v) is 3.37. The van der Waals surface area contributed by atoms with Crippen molar-refractivity contribution >= 4 is 17.0 Å². The van der Waals surface area contributed by atoms with Gasteiger partial charge in [-0.25, -0.2) is 9.37 Å². The van der Waals surface area contributed by atoms with E-state index in [9.17, 15) is 9.18 Å². The Morgan fingerprint density at radius 1 is 1.09 bits per heavy atom. The molecule has 6 nitrogen and oxygen atoms in total. The first kappa shape index (κ1) is 21.4. The molecule has 7 heteroatoms. The zero-order valence-electron chi connectivity index (χ0n) is 17.9. The normalized spacial score (nSPS) is 10.8. The van der Waals surface area contributed by atoms with Crippen molar-refractivity contribution in [1.29, 1.82) is 0 Å². The van der Waals surface area contributed by atoms with Gasteiger partial charge in [0.2, 0.25) is 0 Å². The quantitative estimate of drug-likeness (QED) is 0.427. The van der Waals surface area contributed by atoms with Crippen molar-refractivity contribution in [2.75, 3.05) is 13.7 Å². The van der Waals surface area contributed by atoms with Crippen LogP contribution in [0.5, 0.6) is 11.5 Å². The maximum atomic E-state index is 13.9. The lowest BCUT2D eigenvalue weighted by atomic mass is 10.1. The maximum Gasteiger partial charge on any atom is 0.251 e. The lowest BCUT2D eigenvalue weighted by Gasteiger charge is -2.11. The van der Waals surface area contributed by atoms with E-state index in [1.54, 1.807) is 43.5 Å². The molecule has 1 heterocycles. The van der Waals surface area contributed by atoms with Crippen LogP contribution in [0.1, 0.15) is 34.3 Å². The second kappa shape index (κ2) is 9.51. The summed E-state index contributed by atoms with van der Waals surface area (Å²) in [5.41, 5.74) is 2.93. The Morgan fingerprint density at radius 3 is 2.72 bits per heavy atom. The summed E-state index contributed by atoms with van der Waals surface area (Å²) < 4.78 is 30.5. The third kappa shape index (κ3) is 4.72. The van der Waals surface area contributed by atoms with Gasteiger partial charge in [-0.3, -0.25) is 4.79 Å². The Bertz CT molecular complexity index is 1250.